The van der Waals surface area contributed by atoms with E-state index in [9.17, 15) is 10.1 Å². The Labute approximate surface area is 195 Å². The van der Waals surface area contributed by atoms with Gasteiger partial charge in [-0.2, -0.15) is 5.26 Å². The fraction of sp³-hybridized carbons (Fsp3) is 0.381. The summed E-state index contributed by atoms with van der Waals surface area (Å²) in [7, 11) is 2.76. The van der Waals surface area contributed by atoms with Crippen molar-refractivity contribution in [2.45, 2.75) is 31.2 Å². The lowest BCUT2D eigenvalue weighted by Gasteiger charge is -2.14. The fourth-order valence-corrected chi connectivity index (χ4v) is 3.28. The number of nitriles is 1. The smallest absolute Gasteiger partial charge is 0.407 e. The highest BCUT2D eigenvalue weighted by molar-refractivity contribution is 5.76. The zero-order valence-electron chi connectivity index (χ0n) is 18.9. The van der Waals surface area contributed by atoms with E-state index in [0.29, 0.717) is 53.9 Å². The molecule has 1 atom stereocenters. The maximum Gasteiger partial charge on any atom is 0.407 e. The molecule has 3 heterocycles. The summed E-state index contributed by atoms with van der Waals surface area (Å²) in [4.78, 5) is 36.7. The monoisotopic (exact) mass is 464 g/mol. The van der Waals surface area contributed by atoms with E-state index >= 15 is 0 Å². The molecular weight excluding hydrogens is 440 g/mol. The zero-order valence-corrected chi connectivity index (χ0v) is 18.9. The Kier molecular flexibility index (Phi) is 6.13. The van der Waals surface area contributed by atoms with Gasteiger partial charge in [-0.05, 0) is 25.8 Å². The van der Waals surface area contributed by atoms with E-state index in [4.69, 9.17) is 15.5 Å². The molecule has 0 unspecified atom stereocenters. The van der Waals surface area contributed by atoms with Crippen LogP contribution in [0.25, 0.3) is 22.8 Å². The van der Waals surface area contributed by atoms with E-state index in [1.54, 1.807) is 12.3 Å². The largest absolute Gasteiger partial charge is 0.478 e. The van der Waals surface area contributed by atoms with Gasteiger partial charge in [-0.1, -0.05) is 0 Å². The van der Waals surface area contributed by atoms with Crippen LogP contribution >= 0.6 is 0 Å². The van der Waals surface area contributed by atoms with Crippen LogP contribution in [0.3, 0.4) is 0 Å². The van der Waals surface area contributed by atoms with Gasteiger partial charge in [0.15, 0.2) is 5.82 Å². The molecule has 34 heavy (non-hydrogen) atoms. The second-order valence-electron chi connectivity index (χ2n) is 7.84. The molecule has 3 aromatic rings. The summed E-state index contributed by atoms with van der Waals surface area (Å²) in [6.45, 7) is 2.19. The summed E-state index contributed by atoms with van der Waals surface area (Å²) in [5, 5.41) is 15.4. The zero-order chi connectivity index (χ0) is 24.3. The molecule has 0 radical (unpaired) electrons. The number of amides is 1. The summed E-state index contributed by atoms with van der Waals surface area (Å²) < 4.78 is 9.81. The van der Waals surface area contributed by atoms with Crippen molar-refractivity contribution in [2.24, 2.45) is 0 Å². The third kappa shape index (κ3) is 4.51. The maximum absolute atomic E-state index is 11.4. The first-order valence-corrected chi connectivity index (χ1v) is 10.5. The summed E-state index contributed by atoms with van der Waals surface area (Å²) in [6.07, 6.45) is 4.00. The second-order valence-corrected chi connectivity index (χ2v) is 7.84. The Balaban J connectivity index is 1.68. The van der Waals surface area contributed by atoms with Crippen LogP contribution in [-0.2, 0) is 10.2 Å². The average molecular weight is 464 g/mol. The number of nitrogens with two attached hydrogens (primary N) is 1. The number of H-pyrrole nitrogens is 1. The lowest BCUT2D eigenvalue weighted by Crippen LogP contribution is -2.37. The van der Waals surface area contributed by atoms with Crippen LogP contribution in [0.4, 0.5) is 16.6 Å². The highest BCUT2D eigenvalue weighted by atomic mass is 16.5. The fourth-order valence-electron chi connectivity index (χ4n) is 3.28. The van der Waals surface area contributed by atoms with E-state index in [1.165, 1.54) is 20.4 Å². The number of hydrogen-bond acceptors (Lipinski definition) is 11. The average Bonchev–Trinajstić information content (AvgIpc) is 3.53. The van der Waals surface area contributed by atoms with Crippen LogP contribution in [0.5, 0.6) is 5.88 Å². The number of imidazole rings is 1. The molecular formula is C21H24N10O3. The van der Waals surface area contributed by atoms with Crippen molar-refractivity contribution in [1.82, 2.24) is 35.2 Å². The molecule has 0 aromatic carbocycles. The van der Waals surface area contributed by atoms with Gasteiger partial charge in [0.1, 0.15) is 22.6 Å². The lowest BCUT2D eigenvalue weighted by atomic mass is 10.1. The molecule has 3 aromatic heterocycles. The van der Waals surface area contributed by atoms with E-state index < -0.39 is 11.5 Å². The van der Waals surface area contributed by atoms with Gasteiger partial charge in [-0.3, -0.25) is 0 Å². The number of nitrogen functional groups attached to an aromatic ring is 1. The van der Waals surface area contributed by atoms with Gasteiger partial charge < -0.3 is 30.8 Å². The van der Waals surface area contributed by atoms with Crippen molar-refractivity contribution < 1.29 is 14.3 Å². The van der Waals surface area contributed by atoms with Crippen LogP contribution in [0.1, 0.15) is 25.6 Å². The van der Waals surface area contributed by atoms with Gasteiger partial charge in [0.2, 0.25) is 5.95 Å². The Morgan fingerprint density at radius 1 is 1.29 bits per heavy atom. The number of ether oxygens (including phenoxy) is 2. The number of nitrogens with zero attached hydrogens (tertiary/aromatic N) is 6. The molecule has 176 valence electrons. The Morgan fingerprint density at radius 2 is 2.09 bits per heavy atom. The van der Waals surface area contributed by atoms with Gasteiger partial charge in [0.25, 0.3) is 5.88 Å². The minimum absolute atomic E-state index is 0.155. The van der Waals surface area contributed by atoms with Gasteiger partial charge in [-0.15, -0.1) is 0 Å². The summed E-state index contributed by atoms with van der Waals surface area (Å²) in [5.41, 5.74) is 7.14. The predicted molar refractivity (Wildman–Crippen MR) is 122 cm³/mol. The van der Waals surface area contributed by atoms with Crippen molar-refractivity contribution in [3.63, 3.8) is 0 Å². The van der Waals surface area contributed by atoms with Crippen molar-refractivity contribution in [3.8, 4) is 34.7 Å². The number of rotatable bonds is 8. The van der Waals surface area contributed by atoms with Crippen molar-refractivity contribution >= 4 is 17.9 Å². The molecule has 0 spiro atoms. The molecule has 0 saturated heterocycles. The van der Waals surface area contributed by atoms with Gasteiger partial charge >= 0.3 is 6.09 Å². The predicted octanol–water partition coefficient (Wildman–Crippen LogP) is 1.63. The number of alkyl carbamates (subject to hydrolysis) is 1. The molecule has 13 heteroatoms. The Bertz CT molecular complexity index is 1250. The summed E-state index contributed by atoms with van der Waals surface area (Å²) >= 11 is 0. The Hall–Kier alpha value is -4.47. The van der Waals surface area contributed by atoms with Crippen molar-refractivity contribution in [3.05, 3.63) is 24.3 Å². The van der Waals surface area contributed by atoms with Gasteiger partial charge in [0.05, 0.1) is 37.9 Å². The molecule has 4 rings (SSSR count). The molecule has 1 amide bonds. The number of carbonyl (C=O) groups excluding carboxylic acids is 1. The standard InChI is InChI=1S/C21H24N10O3/c1-11(27-20(32)34-3)8-26-19-24-7-4-12(29-19)14-15(13-9-25-16(23)17(28-13)33-2)31-18(30-14)21(10-22)5-6-21/h4,7,9,11H,5-6,8H2,1-3H3,(H2,23,25)(H,27,32)(H,30,31)(H,24,26,29)/t11-/m0/s1. The first kappa shape index (κ1) is 22.7. The van der Waals surface area contributed by atoms with Gasteiger partial charge in [0, 0.05) is 18.8 Å². The Morgan fingerprint density at radius 3 is 2.76 bits per heavy atom. The van der Waals surface area contributed by atoms with Crippen molar-refractivity contribution in [1.29, 1.82) is 5.26 Å². The third-order valence-corrected chi connectivity index (χ3v) is 5.35. The maximum atomic E-state index is 11.4. The first-order valence-electron chi connectivity index (χ1n) is 10.5. The van der Waals surface area contributed by atoms with Crippen molar-refractivity contribution in [2.75, 3.05) is 31.8 Å². The molecule has 1 aliphatic rings. The second kappa shape index (κ2) is 9.18. The quantitative estimate of drug-likeness (QED) is 0.379. The molecule has 1 fully saturated rings. The molecule has 13 nitrogen and oxygen atoms in total. The minimum Gasteiger partial charge on any atom is -0.478 e. The summed E-state index contributed by atoms with van der Waals surface area (Å²) in [5.74, 6) is 1.22. The van der Waals surface area contributed by atoms with Crippen LogP contribution in [0, 0.1) is 11.3 Å². The van der Waals surface area contributed by atoms with Crippen LogP contribution in [0.15, 0.2) is 18.5 Å². The normalized spacial score (nSPS) is 14.5. The number of aromatic nitrogens is 6. The lowest BCUT2D eigenvalue weighted by molar-refractivity contribution is 0.168. The highest BCUT2D eigenvalue weighted by Gasteiger charge is 2.48. The third-order valence-electron chi connectivity index (χ3n) is 5.35. The summed E-state index contributed by atoms with van der Waals surface area (Å²) in [6, 6.07) is 3.84. The SMILES string of the molecule is COC(=O)N[C@@H](C)CNc1nccc(-c2[nH]c(C3(C#N)CC3)nc2-c2cnc(N)c(OC)n2)n1. The number of methoxy groups -OCH3 is 2. The van der Waals surface area contributed by atoms with E-state index in [-0.39, 0.29) is 17.7 Å². The van der Waals surface area contributed by atoms with Gasteiger partial charge in [-0.25, -0.2) is 29.7 Å². The minimum atomic E-state index is -0.651. The number of carbonyl (C=O) groups is 1. The molecule has 1 saturated carbocycles. The highest BCUT2D eigenvalue weighted by Crippen LogP contribution is 2.47. The first-order chi connectivity index (χ1) is 16.4. The molecule has 0 aliphatic heterocycles. The molecule has 0 bridgehead atoms. The van der Waals surface area contributed by atoms with Crippen LogP contribution in [-0.4, -0.2) is 62.8 Å². The number of anilines is 2. The molecule has 1 aliphatic carbocycles. The number of aromatic amines is 1. The number of hydrogen-bond donors (Lipinski definition) is 4. The van der Waals surface area contributed by atoms with Crippen LogP contribution < -0.4 is 21.1 Å². The number of nitrogens with one attached hydrogen (secondary N) is 3. The van der Waals surface area contributed by atoms with E-state index in [1.807, 2.05) is 6.92 Å². The van der Waals surface area contributed by atoms with Crippen LogP contribution in [0.2, 0.25) is 0 Å². The molecule has 5 N–H and O–H groups in total. The van der Waals surface area contributed by atoms with E-state index in [0.717, 1.165) is 0 Å². The topological polar surface area (TPSA) is 190 Å². The van der Waals surface area contributed by atoms with E-state index in [2.05, 4.69) is 46.4 Å².